The fourth-order valence-electron chi connectivity index (χ4n) is 1.25. The van der Waals surface area contributed by atoms with Gasteiger partial charge in [0.2, 0.25) is 0 Å². The van der Waals surface area contributed by atoms with Gasteiger partial charge >= 0.3 is 5.97 Å². The van der Waals surface area contributed by atoms with Gasteiger partial charge in [0.1, 0.15) is 5.69 Å². The molecule has 2 heterocycles. The van der Waals surface area contributed by atoms with Gasteiger partial charge in [0.05, 0.1) is 28.5 Å². The molecule has 0 saturated heterocycles. The maximum Gasteiger partial charge on any atom is 0.356 e. The van der Waals surface area contributed by atoms with Crippen LogP contribution in [0.5, 0.6) is 0 Å². The summed E-state index contributed by atoms with van der Waals surface area (Å²) in [5.74, 6) is -0.414. The molecule has 0 spiro atoms. The van der Waals surface area contributed by atoms with Crippen molar-refractivity contribution >= 4 is 27.5 Å². The zero-order valence-electron chi connectivity index (χ0n) is 8.48. The molecule has 0 aliphatic carbocycles. The van der Waals surface area contributed by atoms with Gasteiger partial charge in [-0.1, -0.05) is 6.92 Å². The summed E-state index contributed by atoms with van der Waals surface area (Å²) in [6.45, 7) is 2.05. The second kappa shape index (κ2) is 3.94. The van der Waals surface area contributed by atoms with E-state index >= 15 is 0 Å². The van der Waals surface area contributed by atoms with Crippen molar-refractivity contribution in [3.63, 3.8) is 0 Å². The summed E-state index contributed by atoms with van der Waals surface area (Å²) in [5, 5.41) is 1.05. The number of carbonyl (C=O) groups excluding carboxylic acids is 1. The van der Waals surface area contributed by atoms with E-state index in [1.54, 1.807) is 23.6 Å². The van der Waals surface area contributed by atoms with Crippen LogP contribution in [-0.4, -0.2) is 23.0 Å². The summed E-state index contributed by atoms with van der Waals surface area (Å²) in [4.78, 5) is 19.6. The standard InChI is InChI=1S/C10H10N2O2S/c1-3-9-12-7-5-11-6(10(13)14-2)4-8(7)15-9/h4-5H,3H2,1-2H3. The minimum atomic E-state index is -0.414. The third kappa shape index (κ3) is 1.83. The lowest BCUT2D eigenvalue weighted by Gasteiger charge is -1.96. The average molecular weight is 222 g/mol. The summed E-state index contributed by atoms with van der Waals surface area (Å²) >= 11 is 1.58. The van der Waals surface area contributed by atoms with Crippen LogP contribution in [0.15, 0.2) is 12.3 Å². The monoisotopic (exact) mass is 222 g/mol. The smallest absolute Gasteiger partial charge is 0.356 e. The highest BCUT2D eigenvalue weighted by atomic mass is 32.1. The number of ether oxygens (including phenoxy) is 1. The first kappa shape index (κ1) is 10.0. The van der Waals surface area contributed by atoms with Crippen molar-refractivity contribution in [1.82, 2.24) is 9.97 Å². The quantitative estimate of drug-likeness (QED) is 0.730. The van der Waals surface area contributed by atoms with Crippen LogP contribution in [-0.2, 0) is 11.2 Å². The topological polar surface area (TPSA) is 52.1 Å². The van der Waals surface area contributed by atoms with Gasteiger partial charge in [-0.3, -0.25) is 0 Å². The van der Waals surface area contributed by atoms with E-state index in [0.29, 0.717) is 5.69 Å². The molecule has 0 aliphatic heterocycles. The highest BCUT2D eigenvalue weighted by Crippen LogP contribution is 2.22. The Morgan fingerprint density at radius 1 is 1.60 bits per heavy atom. The summed E-state index contributed by atoms with van der Waals surface area (Å²) in [5.41, 5.74) is 1.17. The molecule has 0 fully saturated rings. The molecule has 0 saturated carbocycles. The number of methoxy groups -OCH3 is 1. The third-order valence-electron chi connectivity index (χ3n) is 2.02. The highest BCUT2D eigenvalue weighted by molar-refractivity contribution is 7.18. The third-order valence-corrected chi connectivity index (χ3v) is 3.18. The number of aromatic nitrogens is 2. The molecule has 0 aliphatic rings. The predicted octanol–water partition coefficient (Wildman–Crippen LogP) is 2.04. The number of fused-ring (bicyclic) bond motifs is 1. The Bertz CT molecular complexity index is 507. The molecule has 0 unspecified atom stereocenters. The zero-order chi connectivity index (χ0) is 10.8. The number of rotatable bonds is 2. The van der Waals surface area contributed by atoms with E-state index in [4.69, 9.17) is 0 Å². The highest BCUT2D eigenvalue weighted by Gasteiger charge is 2.10. The van der Waals surface area contributed by atoms with Crippen LogP contribution in [0.1, 0.15) is 22.4 Å². The molecule has 4 nitrogen and oxygen atoms in total. The molecule has 2 aromatic rings. The Balaban J connectivity index is 2.50. The van der Waals surface area contributed by atoms with Crippen molar-refractivity contribution in [3.05, 3.63) is 23.0 Å². The van der Waals surface area contributed by atoms with E-state index in [-0.39, 0.29) is 0 Å². The maximum atomic E-state index is 11.2. The average Bonchev–Trinajstić information content (AvgIpc) is 2.69. The summed E-state index contributed by atoms with van der Waals surface area (Å²) in [7, 11) is 1.35. The molecule has 0 amide bonds. The molecular weight excluding hydrogens is 212 g/mol. The van der Waals surface area contributed by atoms with E-state index in [1.165, 1.54) is 7.11 Å². The minimum Gasteiger partial charge on any atom is -0.464 e. The first-order chi connectivity index (χ1) is 7.24. The molecule has 5 heteroatoms. The molecule has 0 atom stereocenters. The molecule has 2 rings (SSSR count). The van der Waals surface area contributed by atoms with Crippen LogP contribution < -0.4 is 0 Å². The number of nitrogens with zero attached hydrogens (tertiary/aromatic N) is 2. The number of thiazole rings is 1. The Morgan fingerprint density at radius 2 is 2.40 bits per heavy atom. The van der Waals surface area contributed by atoms with Gasteiger partial charge in [-0.25, -0.2) is 14.8 Å². The van der Waals surface area contributed by atoms with E-state index in [0.717, 1.165) is 21.6 Å². The summed E-state index contributed by atoms with van der Waals surface area (Å²) in [6, 6.07) is 1.72. The Kier molecular flexibility index (Phi) is 2.64. The molecule has 0 aromatic carbocycles. The van der Waals surface area contributed by atoms with Gasteiger partial charge < -0.3 is 4.74 Å². The molecular formula is C10H10N2O2S. The number of pyridine rings is 1. The zero-order valence-corrected chi connectivity index (χ0v) is 9.30. The van der Waals surface area contributed by atoms with E-state index in [2.05, 4.69) is 14.7 Å². The van der Waals surface area contributed by atoms with Crippen LogP contribution in [0.3, 0.4) is 0 Å². The largest absolute Gasteiger partial charge is 0.464 e. The Hall–Kier alpha value is -1.49. The minimum absolute atomic E-state index is 0.330. The predicted molar refractivity (Wildman–Crippen MR) is 58.1 cm³/mol. The lowest BCUT2D eigenvalue weighted by Crippen LogP contribution is -2.03. The number of aryl methyl sites for hydroxylation is 1. The SMILES string of the molecule is CCc1nc2cnc(C(=O)OC)cc2s1. The Morgan fingerprint density at radius 3 is 3.07 bits per heavy atom. The van der Waals surface area contributed by atoms with Crippen molar-refractivity contribution < 1.29 is 9.53 Å². The van der Waals surface area contributed by atoms with Crippen LogP contribution >= 0.6 is 11.3 Å². The van der Waals surface area contributed by atoms with Crippen molar-refractivity contribution in [3.8, 4) is 0 Å². The van der Waals surface area contributed by atoms with Crippen LogP contribution in [0, 0.1) is 0 Å². The number of carbonyl (C=O) groups is 1. The number of esters is 1. The van der Waals surface area contributed by atoms with Gasteiger partial charge in [0.15, 0.2) is 0 Å². The summed E-state index contributed by atoms with van der Waals surface area (Å²) < 4.78 is 5.58. The fraction of sp³-hybridized carbons (Fsp3) is 0.300. The van der Waals surface area contributed by atoms with Crippen molar-refractivity contribution in [2.45, 2.75) is 13.3 Å². The van der Waals surface area contributed by atoms with Gasteiger partial charge in [-0.15, -0.1) is 11.3 Å². The van der Waals surface area contributed by atoms with Crippen molar-refractivity contribution in [2.24, 2.45) is 0 Å². The van der Waals surface area contributed by atoms with E-state index in [9.17, 15) is 4.79 Å². The van der Waals surface area contributed by atoms with Crippen molar-refractivity contribution in [2.75, 3.05) is 7.11 Å². The first-order valence-electron chi connectivity index (χ1n) is 4.58. The molecule has 2 aromatic heterocycles. The molecule has 0 radical (unpaired) electrons. The molecule has 78 valence electrons. The van der Waals surface area contributed by atoms with E-state index in [1.807, 2.05) is 6.92 Å². The molecule has 0 N–H and O–H groups in total. The van der Waals surface area contributed by atoms with Crippen molar-refractivity contribution in [1.29, 1.82) is 0 Å². The van der Waals surface area contributed by atoms with Crippen LogP contribution in [0.4, 0.5) is 0 Å². The van der Waals surface area contributed by atoms with Gasteiger partial charge in [0, 0.05) is 0 Å². The summed E-state index contributed by atoms with van der Waals surface area (Å²) in [6.07, 6.45) is 2.50. The maximum absolute atomic E-state index is 11.2. The number of hydrogen-bond donors (Lipinski definition) is 0. The van der Waals surface area contributed by atoms with Crippen LogP contribution in [0.25, 0.3) is 10.2 Å². The van der Waals surface area contributed by atoms with Gasteiger partial charge in [-0.05, 0) is 12.5 Å². The fourth-order valence-corrected chi connectivity index (χ4v) is 2.16. The van der Waals surface area contributed by atoms with Gasteiger partial charge in [-0.2, -0.15) is 0 Å². The lowest BCUT2D eigenvalue weighted by molar-refractivity contribution is 0.0594. The number of hydrogen-bond acceptors (Lipinski definition) is 5. The van der Waals surface area contributed by atoms with Gasteiger partial charge in [0.25, 0.3) is 0 Å². The molecule has 15 heavy (non-hydrogen) atoms. The second-order valence-electron chi connectivity index (χ2n) is 2.99. The lowest BCUT2D eigenvalue weighted by atomic mass is 10.3. The Labute approximate surface area is 90.9 Å². The molecule has 0 bridgehead atoms. The van der Waals surface area contributed by atoms with E-state index < -0.39 is 5.97 Å². The second-order valence-corrected chi connectivity index (χ2v) is 4.11. The first-order valence-corrected chi connectivity index (χ1v) is 5.40. The normalized spacial score (nSPS) is 10.5. The van der Waals surface area contributed by atoms with Crippen LogP contribution in [0.2, 0.25) is 0 Å².